The number of hydrogen-bond acceptors (Lipinski definition) is 3. The Balaban J connectivity index is 1.99. The number of rotatable bonds is 1. The maximum Gasteiger partial charge on any atom is 0.418 e. The smallest absolute Gasteiger partial charge is 0.417 e. The molecule has 0 fully saturated rings. The van der Waals surface area contributed by atoms with E-state index in [0.717, 1.165) is 27.8 Å². The standard InChI is InChI=1S/C16H12N2O2S/c17-15(21)18-16(19)20-9-14-12-7-3-1-5-10(12)11-6-2-4-8-13(11)14/h1-9H,(H3,17,18,19,21). The minimum absolute atomic E-state index is 0.120. The second-order valence-corrected chi connectivity index (χ2v) is 4.96. The average Bonchev–Trinajstić information content (AvgIpc) is 2.79. The quantitative estimate of drug-likeness (QED) is 0.535. The normalized spacial score (nSPS) is 11.3. The van der Waals surface area contributed by atoms with E-state index < -0.39 is 6.09 Å². The molecule has 4 nitrogen and oxygen atoms in total. The van der Waals surface area contributed by atoms with Gasteiger partial charge >= 0.3 is 6.09 Å². The molecule has 0 radical (unpaired) electrons. The Morgan fingerprint density at radius 3 is 1.95 bits per heavy atom. The predicted octanol–water partition coefficient (Wildman–Crippen LogP) is 3.03. The summed E-state index contributed by atoms with van der Waals surface area (Å²) in [5, 5.41) is 2.10. The van der Waals surface area contributed by atoms with E-state index in [0.29, 0.717) is 0 Å². The van der Waals surface area contributed by atoms with E-state index in [1.54, 1.807) is 0 Å². The number of amides is 1. The second-order valence-electron chi connectivity index (χ2n) is 4.52. The van der Waals surface area contributed by atoms with Crippen molar-refractivity contribution in [3.63, 3.8) is 0 Å². The third-order valence-corrected chi connectivity index (χ3v) is 3.34. The van der Waals surface area contributed by atoms with Gasteiger partial charge in [-0.3, -0.25) is 5.32 Å². The lowest BCUT2D eigenvalue weighted by Gasteiger charge is -2.04. The monoisotopic (exact) mass is 296 g/mol. The van der Waals surface area contributed by atoms with Crippen LogP contribution >= 0.6 is 12.2 Å². The molecular formula is C16H12N2O2S. The number of hydrogen-bond donors (Lipinski definition) is 2. The molecule has 0 bridgehead atoms. The molecule has 21 heavy (non-hydrogen) atoms. The summed E-state index contributed by atoms with van der Waals surface area (Å²) in [6.07, 6.45) is 0.731. The molecule has 0 saturated carbocycles. The van der Waals surface area contributed by atoms with Crippen molar-refractivity contribution in [1.82, 2.24) is 5.32 Å². The van der Waals surface area contributed by atoms with Gasteiger partial charge in [0, 0.05) is 5.57 Å². The van der Waals surface area contributed by atoms with E-state index in [-0.39, 0.29) is 5.11 Å². The number of fused-ring (bicyclic) bond motifs is 3. The maximum absolute atomic E-state index is 11.5. The Morgan fingerprint density at radius 2 is 1.48 bits per heavy atom. The summed E-state index contributed by atoms with van der Waals surface area (Å²) in [7, 11) is 0. The molecule has 104 valence electrons. The van der Waals surface area contributed by atoms with Crippen LogP contribution in [0.3, 0.4) is 0 Å². The molecule has 1 aliphatic carbocycles. The molecule has 0 heterocycles. The number of ether oxygens (including phenoxy) is 1. The van der Waals surface area contributed by atoms with Crippen molar-refractivity contribution >= 4 is 29.0 Å². The van der Waals surface area contributed by atoms with Crippen LogP contribution in [0.15, 0.2) is 54.8 Å². The van der Waals surface area contributed by atoms with Crippen molar-refractivity contribution in [3.05, 3.63) is 65.9 Å². The van der Waals surface area contributed by atoms with Gasteiger partial charge in [0.15, 0.2) is 5.11 Å². The van der Waals surface area contributed by atoms with Crippen LogP contribution in [0.5, 0.6) is 0 Å². The number of benzene rings is 2. The van der Waals surface area contributed by atoms with Gasteiger partial charge < -0.3 is 10.5 Å². The van der Waals surface area contributed by atoms with Gasteiger partial charge in [-0.05, 0) is 34.5 Å². The summed E-state index contributed by atoms with van der Waals surface area (Å²) in [4.78, 5) is 11.5. The fourth-order valence-corrected chi connectivity index (χ4v) is 2.50. The van der Waals surface area contributed by atoms with Crippen LogP contribution in [0.4, 0.5) is 4.79 Å². The van der Waals surface area contributed by atoms with E-state index in [9.17, 15) is 4.79 Å². The van der Waals surface area contributed by atoms with Gasteiger partial charge in [0.2, 0.25) is 0 Å². The predicted molar refractivity (Wildman–Crippen MR) is 85.4 cm³/mol. The zero-order chi connectivity index (χ0) is 14.8. The lowest BCUT2D eigenvalue weighted by Crippen LogP contribution is -2.34. The van der Waals surface area contributed by atoms with E-state index >= 15 is 0 Å². The van der Waals surface area contributed by atoms with Gasteiger partial charge in [0.05, 0.1) is 0 Å². The molecule has 3 N–H and O–H groups in total. The summed E-state index contributed by atoms with van der Waals surface area (Å²) in [5.41, 5.74) is 10.4. The van der Waals surface area contributed by atoms with Crippen molar-refractivity contribution in [2.75, 3.05) is 0 Å². The van der Waals surface area contributed by atoms with Gasteiger partial charge in [0.1, 0.15) is 6.26 Å². The van der Waals surface area contributed by atoms with Gasteiger partial charge in [-0.2, -0.15) is 0 Å². The van der Waals surface area contributed by atoms with Crippen LogP contribution in [0, 0.1) is 0 Å². The summed E-state index contributed by atoms with van der Waals surface area (Å²) in [6, 6.07) is 16.0. The maximum atomic E-state index is 11.5. The van der Waals surface area contributed by atoms with Crippen molar-refractivity contribution in [3.8, 4) is 11.1 Å². The number of alkyl carbamates (subject to hydrolysis) is 1. The van der Waals surface area contributed by atoms with Crippen molar-refractivity contribution in [1.29, 1.82) is 0 Å². The first-order valence-corrected chi connectivity index (χ1v) is 6.74. The highest BCUT2D eigenvalue weighted by atomic mass is 32.1. The Bertz CT molecular complexity index is 721. The van der Waals surface area contributed by atoms with Gasteiger partial charge in [0.25, 0.3) is 0 Å². The fraction of sp³-hybridized carbons (Fsp3) is 0. The van der Waals surface area contributed by atoms with Crippen LogP contribution in [0.1, 0.15) is 11.1 Å². The van der Waals surface area contributed by atoms with Crippen molar-refractivity contribution in [2.45, 2.75) is 0 Å². The highest BCUT2D eigenvalue weighted by Crippen LogP contribution is 2.43. The number of carbonyl (C=O) groups excluding carboxylic acids is 1. The third kappa shape index (κ3) is 2.51. The summed E-state index contributed by atoms with van der Waals surface area (Å²) in [6.45, 7) is 0. The summed E-state index contributed by atoms with van der Waals surface area (Å²) < 4.78 is 5.07. The minimum atomic E-state index is -0.697. The summed E-state index contributed by atoms with van der Waals surface area (Å²) >= 11 is 4.59. The zero-order valence-electron chi connectivity index (χ0n) is 11.0. The Labute approximate surface area is 127 Å². The molecule has 1 amide bonds. The van der Waals surface area contributed by atoms with E-state index in [2.05, 4.69) is 17.5 Å². The molecule has 1 aliphatic rings. The SMILES string of the molecule is NC(=S)NC(=O)OC=C1c2ccccc2-c2ccccc21. The first-order valence-electron chi connectivity index (χ1n) is 6.33. The molecule has 5 heteroatoms. The largest absolute Gasteiger partial charge is 0.418 e. The molecule has 0 saturated heterocycles. The number of nitrogens with two attached hydrogens (primary N) is 1. The van der Waals surface area contributed by atoms with Crippen molar-refractivity contribution in [2.24, 2.45) is 5.73 Å². The molecule has 0 aromatic heterocycles. The highest BCUT2D eigenvalue weighted by molar-refractivity contribution is 7.80. The van der Waals surface area contributed by atoms with Gasteiger partial charge in [-0.25, -0.2) is 4.79 Å². The Morgan fingerprint density at radius 1 is 1.00 bits per heavy atom. The van der Waals surface area contributed by atoms with Gasteiger partial charge in [-0.1, -0.05) is 48.5 Å². The topological polar surface area (TPSA) is 64.3 Å². The fourth-order valence-electron chi connectivity index (χ4n) is 2.42. The molecule has 0 atom stereocenters. The van der Waals surface area contributed by atoms with Crippen LogP contribution < -0.4 is 11.1 Å². The third-order valence-electron chi connectivity index (χ3n) is 3.23. The molecule has 3 rings (SSSR count). The Hall–Kier alpha value is -2.66. The minimum Gasteiger partial charge on any atom is -0.417 e. The van der Waals surface area contributed by atoms with Gasteiger partial charge in [-0.15, -0.1) is 0 Å². The average molecular weight is 296 g/mol. The van der Waals surface area contributed by atoms with E-state index in [1.165, 1.54) is 6.26 Å². The van der Waals surface area contributed by atoms with E-state index in [1.807, 2.05) is 48.5 Å². The lowest BCUT2D eigenvalue weighted by molar-refractivity contribution is 0.191. The van der Waals surface area contributed by atoms with Crippen LogP contribution in [0.2, 0.25) is 0 Å². The molecule has 0 unspecified atom stereocenters. The van der Waals surface area contributed by atoms with Crippen LogP contribution in [0.25, 0.3) is 16.7 Å². The first-order chi connectivity index (χ1) is 10.2. The van der Waals surface area contributed by atoms with Crippen LogP contribution in [-0.4, -0.2) is 11.2 Å². The number of thiocarbonyl (C=S) groups is 1. The lowest BCUT2D eigenvalue weighted by atomic mass is 10.1. The number of carbonyl (C=O) groups is 1. The molecule has 2 aromatic carbocycles. The van der Waals surface area contributed by atoms with Crippen LogP contribution in [-0.2, 0) is 4.74 Å². The van der Waals surface area contributed by atoms with E-state index in [4.69, 9.17) is 10.5 Å². The number of nitrogens with one attached hydrogen (secondary N) is 1. The first kappa shape index (κ1) is 13.3. The second kappa shape index (κ2) is 5.38. The molecular weight excluding hydrogens is 284 g/mol. The Kier molecular flexibility index (Phi) is 3.41. The highest BCUT2D eigenvalue weighted by Gasteiger charge is 2.23. The zero-order valence-corrected chi connectivity index (χ0v) is 11.8. The molecule has 0 aliphatic heterocycles. The summed E-state index contributed by atoms with van der Waals surface area (Å²) in [5.74, 6) is 0. The van der Waals surface area contributed by atoms with Crippen molar-refractivity contribution < 1.29 is 9.53 Å². The molecule has 2 aromatic rings. The molecule has 0 spiro atoms.